The normalized spacial score (nSPS) is 12.4. The molecule has 0 aliphatic carbocycles. The minimum atomic E-state index is -0.571. The van der Waals surface area contributed by atoms with Gasteiger partial charge in [0.25, 0.3) is 11.6 Å². The van der Waals surface area contributed by atoms with E-state index in [1.54, 1.807) is 12.1 Å². The molecule has 0 saturated carbocycles. The summed E-state index contributed by atoms with van der Waals surface area (Å²) in [6, 6.07) is 13.6. The van der Waals surface area contributed by atoms with Crippen molar-refractivity contribution in [2.45, 2.75) is 20.0 Å². The first-order chi connectivity index (χ1) is 15.0. The van der Waals surface area contributed by atoms with Crippen molar-refractivity contribution in [3.63, 3.8) is 0 Å². The molecular weight excluding hydrogens is 397 g/mol. The van der Waals surface area contributed by atoms with Gasteiger partial charge in [0, 0.05) is 0 Å². The molecule has 0 radical (unpaired) electrons. The standard InChI is InChI=1S/C24H18FN3O3/c1-3-15-10-14(2)31-23-21(15)22(29)27-24(28-23)30-13-17-6-4-5-7-19(17)16-8-9-20(25)18(11-16)12-26/h4-11H,2-3,13H2,1H3,(H,27,28,29). The van der Waals surface area contributed by atoms with E-state index in [1.807, 2.05) is 37.3 Å². The summed E-state index contributed by atoms with van der Waals surface area (Å²) in [5.74, 6) is -0.00478. The molecule has 0 unspecified atom stereocenters. The Labute approximate surface area is 177 Å². The van der Waals surface area contributed by atoms with Crippen molar-refractivity contribution in [2.24, 2.45) is 0 Å². The molecule has 7 heteroatoms. The van der Waals surface area contributed by atoms with E-state index in [4.69, 9.17) is 14.7 Å². The molecule has 2 aromatic carbocycles. The lowest BCUT2D eigenvalue weighted by atomic mass is 9.98. The predicted octanol–water partition coefficient (Wildman–Crippen LogP) is 4.73. The first kappa shape index (κ1) is 20.1. The number of ether oxygens (including phenoxy) is 2. The Morgan fingerprint density at radius 2 is 2.10 bits per heavy atom. The zero-order valence-electron chi connectivity index (χ0n) is 16.7. The molecule has 6 nitrogen and oxygen atoms in total. The van der Waals surface area contributed by atoms with E-state index in [-0.39, 0.29) is 29.6 Å². The Kier molecular flexibility index (Phi) is 5.37. The van der Waals surface area contributed by atoms with Crippen LogP contribution < -0.4 is 15.0 Å². The number of allylic oxidation sites excluding steroid dienone is 2. The van der Waals surface area contributed by atoms with Crippen LogP contribution in [-0.2, 0) is 6.61 Å². The number of hydrogen-bond donors (Lipinski definition) is 1. The fourth-order valence-corrected chi connectivity index (χ4v) is 3.41. The zero-order chi connectivity index (χ0) is 22.0. The number of hydrogen-bond acceptors (Lipinski definition) is 5. The molecule has 4 rings (SSSR count). The van der Waals surface area contributed by atoms with Crippen molar-refractivity contribution in [1.82, 2.24) is 9.97 Å². The van der Waals surface area contributed by atoms with Crippen LogP contribution >= 0.6 is 0 Å². The van der Waals surface area contributed by atoms with Crippen LogP contribution in [0.15, 0.2) is 65.7 Å². The van der Waals surface area contributed by atoms with E-state index >= 15 is 0 Å². The quantitative estimate of drug-likeness (QED) is 0.651. The molecule has 0 fully saturated rings. The smallest absolute Gasteiger partial charge is 0.300 e. The fraction of sp³-hybridized carbons (Fsp3) is 0.125. The maximum atomic E-state index is 13.7. The van der Waals surface area contributed by atoms with Gasteiger partial charge in [0.05, 0.1) is 5.56 Å². The highest BCUT2D eigenvalue weighted by molar-refractivity contribution is 5.72. The summed E-state index contributed by atoms with van der Waals surface area (Å²) < 4.78 is 25.0. The van der Waals surface area contributed by atoms with Gasteiger partial charge < -0.3 is 9.47 Å². The van der Waals surface area contributed by atoms with Gasteiger partial charge in [0.2, 0.25) is 5.88 Å². The van der Waals surface area contributed by atoms with Crippen molar-refractivity contribution in [3.05, 3.63) is 93.7 Å². The third kappa shape index (κ3) is 3.96. The summed E-state index contributed by atoms with van der Waals surface area (Å²) in [7, 11) is 0. The van der Waals surface area contributed by atoms with E-state index < -0.39 is 5.82 Å². The topological polar surface area (TPSA) is 88.0 Å². The molecule has 0 bridgehead atoms. The van der Waals surface area contributed by atoms with Gasteiger partial charge in [0.1, 0.15) is 29.8 Å². The van der Waals surface area contributed by atoms with E-state index in [2.05, 4.69) is 16.5 Å². The van der Waals surface area contributed by atoms with Gasteiger partial charge >= 0.3 is 0 Å². The van der Waals surface area contributed by atoms with Crippen molar-refractivity contribution >= 4 is 5.57 Å². The lowest BCUT2D eigenvalue weighted by Crippen LogP contribution is -2.19. The number of nitrogens with zero attached hydrogens (tertiary/aromatic N) is 2. The van der Waals surface area contributed by atoms with Crippen LogP contribution in [0.25, 0.3) is 16.7 Å². The van der Waals surface area contributed by atoms with Crippen molar-refractivity contribution in [3.8, 4) is 29.1 Å². The molecule has 1 aliphatic heterocycles. The molecule has 0 saturated heterocycles. The van der Waals surface area contributed by atoms with Gasteiger partial charge in [0.15, 0.2) is 0 Å². The van der Waals surface area contributed by atoms with Gasteiger partial charge in [-0.25, -0.2) is 4.39 Å². The maximum Gasteiger partial charge on any atom is 0.300 e. The molecule has 1 N–H and O–H groups in total. The number of aromatic nitrogens is 2. The van der Waals surface area contributed by atoms with Crippen molar-refractivity contribution < 1.29 is 13.9 Å². The minimum Gasteiger partial charge on any atom is -0.460 e. The first-order valence-electron chi connectivity index (χ1n) is 9.63. The van der Waals surface area contributed by atoms with E-state index in [9.17, 15) is 9.18 Å². The number of rotatable bonds is 5. The lowest BCUT2D eigenvalue weighted by Gasteiger charge is -2.18. The molecule has 3 aromatic rings. The minimum absolute atomic E-state index is 0.0144. The van der Waals surface area contributed by atoms with Gasteiger partial charge in [-0.3, -0.25) is 9.78 Å². The summed E-state index contributed by atoms with van der Waals surface area (Å²) in [5.41, 5.74) is 3.01. The Balaban J connectivity index is 1.63. The van der Waals surface area contributed by atoms with Crippen molar-refractivity contribution in [1.29, 1.82) is 5.26 Å². The second kappa shape index (κ2) is 8.28. The van der Waals surface area contributed by atoms with Gasteiger partial charge in [-0.05, 0) is 46.9 Å². The van der Waals surface area contributed by atoms with Gasteiger partial charge in [-0.1, -0.05) is 43.8 Å². The first-order valence-corrected chi connectivity index (χ1v) is 9.63. The Bertz CT molecular complexity index is 1320. The summed E-state index contributed by atoms with van der Waals surface area (Å²) in [6.07, 6.45) is 2.35. The highest BCUT2D eigenvalue weighted by atomic mass is 19.1. The number of nitrogens with one attached hydrogen (secondary N) is 1. The second-order valence-corrected chi connectivity index (χ2v) is 6.89. The number of aromatic amines is 1. The Morgan fingerprint density at radius 3 is 2.87 bits per heavy atom. The monoisotopic (exact) mass is 415 g/mol. The van der Waals surface area contributed by atoms with Crippen LogP contribution in [0.1, 0.15) is 30.0 Å². The lowest BCUT2D eigenvalue weighted by molar-refractivity contribution is 0.274. The molecule has 0 spiro atoms. The number of nitriles is 1. The van der Waals surface area contributed by atoms with Crippen LogP contribution in [-0.4, -0.2) is 9.97 Å². The Morgan fingerprint density at radius 1 is 1.29 bits per heavy atom. The summed E-state index contributed by atoms with van der Waals surface area (Å²) in [4.78, 5) is 19.5. The predicted molar refractivity (Wildman–Crippen MR) is 114 cm³/mol. The summed E-state index contributed by atoms with van der Waals surface area (Å²) in [5, 5.41) is 9.11. The molecule has 2 heterocycles. The zero-order valence-corrected chi connectivity index (χ0v) is 16.7. The van der Waals surface area contributed by atoms with E-state index in [0.29, 0.717) is 23.3 Å². The molecule has 1 aromatic heterocycles. The molecule has 0 amide bonds. The molecule has 154 valence electrons. The largest absolute Gasteiger partial charge is 0.460 e. The highest BCUT2D eigenvalue weighted by Gasteiger charge is 2.22. The fourth-order valence-electron chi connectivity index (χ4n) is 3.41. The van der Waals surface area contributed by atoms with Crippen molar-refractivity contribution in [2.75, 3.05) is 0 Å². The number of halogens is 1. The van der Waals surface area contributed by atoms with Gasteiger partial charge in [-0.15, -0.1) is 0 Å². The van der Waals surface area contributed by atoms with E-state index in [1.165, 1.54) is 12.1 Å². The SMILES string of the molecule is C=C1C=C(CC)c2c(nc(OCc3ccccc3-c3ccc(F)c(C#N)c3)[nH]c2=O)O1. The summed E-state index contributed by atoms with van der Waals surface area (Å²) >= 11 is 0. The van der Waals surface area contributed by atoms with Gasteiger partial charge in [-0.2, -0.15) is 10.2 Å². The van der Waals surface area contributed by atoms with Crippen LogP contribution in [0, 0.1) is 17.1 Å². The third-order valence-corrected chi connectivity index (χ3v) is 4.91. The number of benzene rings is 2. The Hall–Kier alpha value is -4.18. The summed E-state index contributed by atoms with van der Waals surface area (Å²) in [6.45, 7) is 5.81. The molecule has 1 aliphatic rings. The number of H-pyrrole nitrogens is 1. The van der Waals surface area contributed by atoms with Crippen LogP contribution in [0.2, 0.25) is 0 Å². The molecular formula is C24H18FN3O3. The average molecular weight is 415 g/mol. The second-order valence-electron chi connectivity index (χ2n) is 6.89. The van der Waals surface area contributed by atoms with Crippen LogP contribution in [0.4, 0.5) is 4.39 Å². The van der Waals surface area contributed by atoms with Crippen LogP contribution in [0.3, 0.4) is 0 Å². The van der Waals surface area contributed by atoms with Crippen LogP contribution in [0.5, 0.6) is 11.9 Å². The third-order valence-electron chi connectivity index (χ3n) is 4.91. The van der Waals surface area contributed by atoms with E-state index in [0.717, 1.165) is 16.7 Å². The molecule has 31 heavy (non-hydrogen) atoms. The average Bonchev–Trinajstić information content (AvgIpc) is 2.77. The molecule has 0 atom stereocenters. The highest BCUT2D eigenvalue weighted by Crippen LogP contribution is 2.31. The number of fused-ring (bicyclic) bond motifs is 1. The maximum absolute atomic E-state index is 13.7.